The number of phenols is 1. The van der Waals surface area contributed by atoms with Crippen molar-refractivity contribution in [1.29, 1.82) is 0 Å². The predicted octanol–water partition coefficient (Wildman–Crippen LogP) is 3.02. The Morgan fingerprint density at radius 2 is 1.89 bits per heavy atom. The first kappa shape index (κ1) is 13.1. The van der Waals surface area contributed by atoms with E-state index in [1.54, 1.807) is 0 Å². The minimum atomic E-state index is -0.579. The third kappa shape index (κ3) is 3.10. The largest absolute Gasteiger partial charge is 0.507 e. The van der Waals surface area contributed by atoms with E-state index in [0.717, 1.165) is 17.7 Å². The Kier molecular flexibility index (Phi) is 3.80. The Bertz CT molecular complexity index is 584. The van der Waals surface area contributed by atoms with E-state index in [0.29, 0.717) is 0 Å². The molecule has 1 atom stereocenters. The van der Waals surface area contributed by atoms with Crippen LogP contribution in [0, 0.1) is 5.82 Å². The number of carbonyl (C=O) groups excluding carboxylic acids is 1. The number of aromatic hydroxyl groups is 1. The van der Waals surface area contributed by atoms with Crippen molar-refractivity contribution in [1.82, 2.24) is 5.32 Å². The summed E-state index contributed by atoms with van der Waals surface area (Å²) in [4.78, 5) is 12.0. The van der Waals surface area contributed by atoms with Crippen LogP contribution in [0.2, 0.25) is 0 Å². The summed E-state index contributed by atoms with van der Waals surface area (Å²) in [7, 11) is 0. The lowest BCUT2D eigenvalue weighted by molar-refractivity contribution is 0.0937. The van der Waals surface area contributed by atoms with Crippen molar-refractivity contribution < 1.29 is 14.3 Å². The Hall–Kier alpha value is -2.36. The van der Waals surface area contributed by atoms with E-state index in [1.165, 1.54) is 6.07 Å². The first-order valence-electron chi connectivity index (χ1n) is 5.92. The third-order valence-corrected chi connectivity index (χ3v) is 2.85. The number of hydrogen-bond donors (Lipinski definition) is 2. The van der Waals surface area contributed by atoms with Gasteiger partial charge in [-0.3, -0.25) is 4.79 Å². The second kappa shape index (κ2) is 5.52. The number of amides is 1. The van der Waals surface area contributed by atoms with Gasteiger partial charge in [-0.15, -0.1) is 0 Å². The van der Waals surface area contributed by atoms with Crippen LogP contribution in [0.15, 0.2) is 48.5 Å². The quantitative estimate of drug-likeness (QED) is 0.890. The predicted molar refractivity (Wildman–Crippen MR) is 70.4 cm³/mol. The lowest BCUT2D eigenvalue weighted by Crippen LogP contribution is -2.26. The van der Waals surface area contributed by atoms with Crippen LogP contribution in [0.25, 0.3) is 0 Å². The Morgan fingerprint density at radius 3 is 2.53 bits per heavy atom. The molecule has 1 amide bonds. The lowest BCUT2D eigenvalue weighted by Gasteiger charge is -2.14. The van der Waals surface area contributed by atoms with E-state index < -0.39 is 11.7 Å². The molecule has 3 nitrogen and oxygen atoms in total. The number of nitrogens with one attached hydrogen (secondary N) is 1. The van der Waals surface area contributed by atoms with Crippen molar-refractivity contribution in [2.24, 2.45) is 0 Å². The molecule has 0 aromatic heterocycles. The first-order valence-corrected chi connectivity index (χ1v) is 5.92. The first-order chi connectivity index (χ1) is 9.08. The molecule has 2 rings (SSSR count). The van der Waals surface area contributed by atoms with E-state index in [2.05, 4.69) is 5.32 Å². The molecule has 98 valence electrons. The molecule has 0 bridgehead atoms. The van der Waals surface area contributed by atoms with Crippen molar-refractivity contribution in [3.05, 3.63) is 65.5 Å². The van der Waals surface area contributed by atoms with Gasteiger partial charge >= 0.3 is 0 Å². The fourth-order valence-corrected chi connectivity index (χ4v) is 1.80. The zero-order valence-electron chi connectivity index (χ0n) is 10.4. The molecule has 0 aliphatic rings. The summed E-state index contributed by atoms with van der Waals surface area (Å²) < 4.78 is 12.8. The summed E-state index contributed by atoms with van der Waals surface area (Å²) in [6, 6.07) is 12.6. The van der Waals surface area contributed by atoms with E-state index in [4.69, 9.17) is 0 Å². The van der Waals surface area contributed by atoms with Crippen molar-refractivity contribution in [3.63, 3.8) is 0 Å². The summed E-state index contributed by atoms with van der Waals surface area (Å²) in [5.74, 6) is -1.38. The van der Waals surface area contributed by atoms with Gasteiger partial charge in [0.2, 0.25) is 0 Å². The van der Waals surface area contributed by atoms with E-state index in [1.807, 2.05) is 37.3 Å². The maximum atomic E-state index is 12.8. The van der Waals surface area contributed by atoms with Crippen LogP contribution in [0.3, 0.4) is 0 Å². The number of carbonyl (C=O) groups is 1. The number of benzene rings is 2. The second-order valence-corrected chi connectivity index (χ2v) is 4.27. The molecule has 2 aromatic carbocycles. The standard InChI is InChI=1S/C15H14FNO2/c1-10(11-5-3-2-4-6-11)17-15(19)13-8-7-12(16)9-14(13)18/h2-10,18H,1H3,(H,17,19). The highest BCUT2D eigenvalue weighted by Gasteiger charge is 2.14. The molecule has 0 aliphatic carbocycles. The highest BCUT2D eigenvalue weighted by atomic mass is 19.1. The molecule has 0 heterocycles. The molecular formula is C15H14FNO2. The molecular weight excluding hydrogens is 245 g/mol. The monoisotopic (exact) mass is 259 g/mol. The summed E-state index contributed by atoms with van der Waals surface area (Å²) in [6.45, 7) is 1.84. The number of rotatable bonds is 3. The molecule has 2 N–H and O–H groups in total. The maximum absolute atomic E-state index is 12.8. The van der Waals surface area contributed by atoms with Crippen molar-refractivity contribution >= 4 is 5.91 Å². The summed E-state index contributed by atoms with van der Waals surface area (Å²) in [6.07, 6.45) is 0. The average molecular weight is 259 g/mol. The van der Waals surface area contributed by atoms with Gasteiger partial charge in [0, 0.05) is 6.07 Å². The van der Waals surface area contributed by atoms with Gasteiger partial charge in [-0.1, -0.05) is 30.3 Å². The number of halogens is 1. The molecule has 4 heteroatoms. The Labute approximate surface area is 110 Å². The highest BCUT2D eigenvalue weighted by molar-refractivity contribution is 5.97. The van der Waals surface area contributed by atoms with Gasteiger partial charge in [-0.05, 0) is 24.6 Å². The van der Waals surface area contributed by atoms with Crippen LogP contribution in [-0.4, -0.2) is 11.0 Å². The number of hydrogen-bond acceptors (Lipinski definition) is 2. The van der Waals surface area contributed by atoms with Crippen LogP contribution >= 0.6 is 0 Å². The van der Waals surface area contributed by atoms with Gasteiger partial charge in [0.15, 0.2) is 0 Å². The van der Waals surface area contributed by atoms with Gasteiger partial charge in [-0.25, -0.2) is 4.39 Å². The fraction of sp³-hybridized carbons (Fsp3) is 0.133. The van der Waals surface area contributed by atoms with Crippen LogP contribution in [-0.2, 0) is 0 Å². The summed E-state index contributed by atoms with van der Waals surface area (Å²) >= 11 is 0. The van der Waals surface area contributed by atoms with Crippen LogP contribution in [0.4, 0.5) is 4.39 Å². The summed E-state index contributed by atoms with van der Waals surface area (Å²) in [5, 5.41) is 12.3. The molecule has 0 saturated carbocycles. The molecule has 0 spiro atoms. The van der Waals surface area contributed by atoms with Gasteiger partial charge in [-0.2, -0.15) is 0 Å². The zero-order chi connectivity index (χ0) is 13.8. The lowest BCUT2D eigenvalue weighted by atomic mass is 10.1. The topological polar surface area (TPSA) is 49.3 Å². The highest BCUT2D eigenvalue weighted by Crippen LogP contribution is 2.19. The number of phenolic OH excluding ortho intramolecular Hbond substituents is 1. The third-order valence-electron chi connectivity index (χ3n) is 2.85. The van der Waals surface area contributed by atoms with Gasteiger partial charge in [0.05, 0.1) is 11.6 Å². The Balaban J connectivity index is 2.13. The second-order valence-electron chi connectivity index (χ2n) is 4.27. The summed E-state index contributed by atoms with van der Waals surface area (Å²) in [5.41, 5.74) is 1.02. The maximum Gasteiger partial charge on any atom is 0.255 e. The van der Waals surface area contributed by atoms with Crippen LogP contribution in [0.1, 0.15) is 28.9 Å². The van der Waals surface area contributed by atoms with Gasteiger partial charge < -0.3 is 10.4 Å². The normalized spacial score (nSPS) is 11.9. The molecule has 19 heavy (non-hydrogen) atoms. The molecule has 0 radical (unpaired) electrons. The smallest absolute Gasteiger partial charge is 0.255 e. The Morgan fingerprint density at radius 1 is 1.21 bits per heavy atom. The fourth-order valence-electron chi connectivity index (χ4n) is 1.80. The molecule has 0 aliphatic heterocycles. The average Bonchev–Trinajstić information content (AvgIpc) is 2.39. The van der Waals surface area contributed by atoms with Crippen LogP contribution in [0.5, 0.6) is 5.75 Å². The molecule has 0 fully saturated rings. The minimum Gasteiger partial charge on any atom is -0.507 e. The molecule has 0 saturated heterocycles. The van der Waals surface area contributed by atoms with Crippen molar-refractivity contribution in [2.75, 3.05) is 0 Å². The van der Waals surface area contributed by atoms with Crippen molar-refractivity contribution in [2.45, 2.75) is 13.0 Å². The van der Waals surface area contributed by atoms with Gasteiger partial charge in [0.1, 0.15) is 11.6 Å². The van der Waals surface area contributed by atoms with Gasteiger partial charge in [0.25, 0.3) is 5.91 Å². The van der Waals surface area contributed by atoms with E-state index >= 15 is 0 Å². The minimum absolute atomic E-state index is 0.0594. The van der Waals surface area contributed by atoms with E-state index in [-0.39, 0.29) is 17.4 Å². The zero-order valence-corrected chi connectivity index (χ0v) is 10.4. The SMILES string of the molecule is CC(NC(=O)c1ccc(F)cc1O)c1ccccc1. The van der Waals surface area contributed by atoms with Crippen molar-refractivity contribution in [3.8, 4) is 5.75 Å². The van der Waals surface area contributed by atoms with Crippen LogP contribution < -0.4 is 5.32 Å². The molecule has 1 unspecified atom stereocenters. The molecule has 2 aromatic rings. The van der Waals surface area contributed by atoms with E-state index in [9.17, 15) is 14.3 Å².